The summed E-state index contributed by atoms with van der Waals surface area (Å²) in [4.78, 5) is 4.26. The molecule has 4 nitrogen and oxygen atoms in total. The zero-order valence-electron chi connectivity index (χ0n) is 7.74. The van der Waals surface area contributed by atoms with E-state index >= 15 is 0 Å². The Bertz CT molecular complexity index is 264. The van der Waals surface area contributed by atoms with E-state index in [0.29, 0.717) is 6.04 Å². The normalized spacial score (nSPS) is 16.1. The van der Waals surface area contributed by atoms with Crippen molar-refractivity contribution in [3.8, 4) is 0 Å². The molecule has 1 heterocycles. The molecule has 1 aromatic rings. The molecule has 0 radical (unpaired) electrons. The number of rotatable bonds is 5. The van der Waals surface area contributed by atoms with Crippen molar-refractivity contribution in [1.82, 2.24) is 9.55 Å². The zero-order valence-corrected chi connectivity index (χ0v) is 7.74. The first-order valence-corrected chi connectivity index (χ1v) is 4.88. The van der Waals surface area contributed by atoms with Crippen LogP contribution < -0.4 is 11.1 Å². The SMILES string of the molecule is NCCCNc1nccn1C1CC1. The summed E-state index contributed by atoms with van der Waals surface area (Å²) in [5, 5.41) is 3.29. The highest BCUT2D eigenvalue weighted by Gasteiger charge is 2.25. The summed E-state index contributed by atoms with van der Waals surface area (Å²) in [7, 11) is 0. The third-order valence-corrected chi connectivity index (χ3v) is 2.27. The minimum Gasteiger partial charge on any atom is -0.356 e. The van der Waals surface area contributed by atoms with Gasteiger partial charge in [-0.05, 0) is 25.8 Å². The molecule has 1 aromatic heterocycles. The number of hydrogen-bond acceptors (Lipinski definition) is 3. The molecule has 13 heavy (non-hydrogen) atoms. The predicted octanol–water partition coefficient (Wildman–Crippen LogP) is 0.979. The highest BCUT2D eigenvalue weighted by Crippen LogP contribution is 2.36. The Morgan fingerprint density at radius 3 is 3.15 bits per heavy atom. The minimum atomic E-state index is 0.697. The lowest BCUT2D eigenvalue weighted by Gasteiger charge is -2.07. The van der Waals surface area contributed by atoms with Crippen LogP contribution in [0.4, 0.5) is 5.95 Å². The summed E-state index contributed by atoms with van der Waals surface area (Å²) in [5.41, 5.74) is 5.41. The predicted molar refractivity (Wildman–Crippen MR) is 52.7 cm³/mol. The van der Waals surface area contributed by atoms with Crippen molar-refractivity contribution in [1.29, 1.82) is 0 Å². The number of imidazole rings is 1. The van der Waals surface area contributed by atoms with Gasteiger partial charge < -0.3 is 15.6 Å². The Kier molecular flexibility index (Phi) is 2.49. The Labute approximate surface area is 78.1 Å². The first-order valence-electron chi connectivity index (χ1n) is 4.88. The van der Waals surface area contributed by atoms with Gasteiger partial charge in [-0.1, -0.05) is 0 Å². The monoisotopic (exact) mass is 180 g/mol. The molecule has 0 atom stereocenters. The third-order valence-electron chi connectivity index (χ3n) is 2.27. The number of nitrogens with two attached hydrogens (primary N) is 1. The molecule has 1 saturated carbocycles. The van der Waals surface area contributed by atoms with Gasteiger partial charge in [0.15, 0.2) is 0 Å². The smallest absolute Gasteiger partial charge is 0.203 e. The lowest BCUT2D eigenvalue weighted by atomic mass is 10.4. The van der Waals surface area contributed by atoms with Gasteiger partial charge in [-0.2, -0.15) is 0 Å². The minimum absolute atomic E-state index is 0.697. The van der Waals surface area contributed by atoms with Crippen LogP contribution in [-0.4, -0.2) is 22.6 Å². The van der Waals surface area contributed by atoms with Gasteiger partial charge in [0.1, 0.15) is 0 Å². The maximum Gasteiger partial charge on any atom is 0.203 e. The molecule has 1 aliphatic rings. The van der Waals surface area contributed by atoms with Crippen molar-refractivity contribution in [3.63, 3.8) is 0 Å². The summed E-state index contributed by atoms with van der Waals surface area (Å²) in [6.07, 6.45) is 7.48. The van der Waals surface area contributed by atoms with E-state index in [0.717, 1.165) is 25.5 Å². The van der Waals surface area contributed by atoms with Crippen LogP contribution in [0.2, 0.25) is 0 Å². The van der Waals surface area contributed by atoms with Gasteiger partial charge in [-0.15, -0.1) is 0 Å². The summed E-state index contributed by atoms with van der Waals surface area (Å²) in [5.74, 6) is 0.996. The lowest BCUT2D eigenvalue weighted by Crippen LogP contribution is -2.11. The van der Waals surface area contributed by atoms with Gasteiger partial charge in [-0.25, -0.2) is 4.98 Å². The van der Waals surface area contributed by atoms with Crippen LogP contribution >= 0.6 is 0 Å². The van der Waals surface area contributed by atoms with Crippen molar-refractivity contribution in [2.75, 3.05) is 18.4 Å². The third kappa shape index (κ3) is 2.01. The Balaban J connectivity index is 1.90. The van der Waals surface area contributed by atoms with E-state index in [1.807, 2.05) is 12.4 Å². The first kappa shape index (κ1) is 8.56. The second kappa shape index (κ2) is 3.79. The average Bonchev–Trinajstić information content (AvgIpc) is 2.88. The maximum atomic E-state index is 5.41. The van der Waals surface area contributed by atoms with Gasteiger partial charge in [0, 0.05) is 25.0 Å². The standard InChI is InChI=1S/C9H16N4/c10-4-1-5-11-9-12-6-7-13(9)8-2-3-8/h6-8H,1-5,10H2,(H,11,12). The van der Waals surface area contributed by atoms with Gasteiger partial charge >= 0.3 is 0 Å². The molecule has 0 amide bonds. The summed E-state index contributed by atoms with van der Waals surface area (Å²) >= 11 is 0. The van der Waals surface area contributed by atoms with Crippen LogP contribution in [0.15, 0.2) is 12.4 Å². The fraction of sp³-hybridized carbons (Fsp3) is 0.667. The van der Waals surface area contributed by atoms with Crippen LogP contribution in [0.5, 0.6) is 0 Å². The van der Waals surface area contributed by atoms with E-state index in [1.54, 1.807) is 0 Å². The summed E-state index contributed by atoms with van der Waals surface area (Å²) in [6, 6.07) is 0.697. The fourth-order valence-electron chi connectivity index (χ4n) is 1.40. The summed E-state index contributed by atoms with van der Waals surface area (Å²) in [6.45, 7) is 1.65. The second-order valence-electron chi connectivity index (χ2n) is 3.46. The molecule has 0 unspecified atom stereocenters. The molecule has 0 aliphatic heterocycles. The fourth-order valence-corrected chi connectivity index (χ4v) is 1.40. The topological polar surface area (TPSA) is 55.9 Å². The molecule has 0 saturated heterocycles. The highest BCUT2D eigenvalue weighted by atomic mass is 15.2. The molecule has 72 valence electrons. The molecular weight excluding hydrogens is 164 g/mol. The van der Waals surface area contributed by atoms with Crippen LogP contribution in [0.25, 0.3) is 0 Å². The molecule has 0 bridgehead atoms. The van der Waals surface area contributed by atoms with Crippen molar-refractivity contribution < 1.29 is 0 Å². The molecule has 4 heteroatoms. The molecule has 0 spiro atoms. The summed E-state index contributed by atoms with van der Waals surface area (Å²) < 4.78 is 2.22. The lowest BCUT2D eigenvalue weighted by molar-refractivity contribution is 0.738. The average molecular weight is 180 g/mol. The Morgan fingerprint density at radius 1 is 1.62 bits per heavy atom. The number of hydrogen-bond donors (Lipinski definition) is 2. The second-order valence-corrected chi connectivity index (χ2v) is 3.46. The molecule has 2 rings (SSSR count). The zero-order chi connectivity index (χ0) is 9.10. The van der Waals surface area contributed by atoms with Gasteiger partial charge in [0.2, 0.25) is 5.95 Å². The number of aromatic nitrogens is 2. The van der Waals surface area contributed by atoms with Gasteiger partial charge in [0.05, 0.1) is 0 Å². The van der Waals surface area contributed by atoms with Crippen molar-refractivity contribution in [2.45, 2.75) is 25.3 Å². The van der Waals surface area contributed by atoms with Crippen molar-refractivity contribution >= 4 is 5.95 Å². The quantitative estimate of drug-likeness (QED) is 0.664. The molecule has 1 fully saturated rings. The highest BCUT2D eigenvalue weighted by molar-refractivity contribution is 5.27. The van der Waals surface area contributed by atoms with Gasteiger partial charge in [0.25, 0.3) is 0 Å². The van der Waals surface area contributed by atoms with E-state index in [-0.39, 0.29) is 0 Å². The van der Waals surface area contributed by atoms with Crippen LogP contribution in [0.3, 0.4) is 0 Å². The number of nitrogens with one attached hydrogen (secondary N) is 1. The van der Waals surface area contributed by atoms with Crippen LogP contribution in [0.1, 0.15) is 25.3 Å². The van der Waals surface area contributed by atoms with E-state index in [2.05, 4.69) is 14.9 Å². The Hall–Kier alpha value is -1.03. The maximum absolute atomic E-state index is 5.41. The Morgan fingerprint density at radius 2 is 2.46 bits per heavy atom. The first-order chi connectivity index (χ1) is 6.42. The largest absolute Gasteiger partial charge is 0.356 e. The molecule has 1 aliphatic carbocycles. The number of nitrogens with zero attached hydrogens (tertiary/aromatic N) is 2. The van der Waals surface area contributed by atoms with Crippen LogP contribution in [-0.2, 0) is 0 Å². The van der Waals surface area contributed by atoms with Crippen molar-refractivity contribution in [2.24, 2.45) is 5.73 Å². The molecule has 3 N–H and O–H groups in total. The van der Waals surface area contributed by atoms with Gasteiger partial charge in [-0.3, -0.25) is 0 Å². The number of anilines is 1. The van der Waals surface area contributed by atoms with Crippen molar-refractivity contribution in [3.05, 3.63) is 12.4 Å². The molecular formula is C9H16N4. The van der Waals surface area contributed by atoms with E-state index in [9.17, 15) is 0 Å². The van der Waals surface area contributed by atoms with E-state index in [4.69, 9.17) is 5.73 Å². The van der Waals surface area contributed by atoms with E-state index in [1.165, 1.54) is 12.8 Å². The van der Waals surface area contributed by atoms with E-state index < -0.39 is 0 Å². The van der Waals surface area contributed by atoms with Crippen LogP contribution in [0, 0.1) is 0 Å². The molecule has 0 aromatic carbocycles.